The zero-order chi connectivity index (χ0) is 14.1. The van der Waals surface area contributed by atoms with Crippen LogP contribution >= 0.6 is 0 Å². The number of hydrogen-bond donors (Lipinski definition) is 2. The third-order valence-corrected chi connectivity index (χ3v) is 3.07. The summed E-state index contributed by atoms with van der Waals surface area (Å²) in [5.74, 6) is 0.0155. The van der Waals surface area contributed by atoms with Crippen molar-refractivity contribution in [3.63, 3.8) is 0 Å². The van der Waals surface area contributed by atoms with Gasteiger partial charge in [0, 0.05) is 0 Å². The molecule has 0 aliphatic carbocycles. The molecule has 1 rings (SSSR count). The van der Waals surface area contributed by atoms with Gasteiger partial charge in [0.2, 0.25) is 0 Å². The van der Waals surface area contributed by atoms with Crippen LogP contribution in [0.15, 0.2) is 30.3 Å². The van der Waals surface area contributed by atoms with Gasteiger partial charge in [-0.3, -0.25) is 4.79 Å². The molecule has 0 heterocycles. The second-order valence-corrected chi connectivity index (χ2v) is 4.83. The van der Waals surface area contributed by atoms with E-state index in [4.69, 9.17) is 4.74 Å². The molecule has 1 unspecified atom stereocenters. The van der Waals surface area contributed by atoms with E-state index in [1.165, 1.54) is 0 Å². The molecule has 0 saturated carbocycles. The van der Waals surface area contributed by atoms with E-state index in [2.05, 4.69) is 5.32 Å². The fourth-order valence-electron chi connectivity index (χ4n) is 1.80. The van der Waals surface area contributed by atoms with E-state index >= 15 is 0 Å². The van der Waals surface area contributed by atoms with Gasteiger partial charge in [0.05, 0.1) is 6.61 Å². The highest BCUT2D eigenvalue weighted by molar-refractivity contribution is 5.78. The number of carbonyl (C=O) groups is 1. The summed E-state index contributed by atoms with van der Waals surface area (Å²) in [5.41, 5.74) is -0.865. The van der Waals surface area contributed by atoms with Gasteiger partial charge in [0.15, 0.2) is 0 Å². The van der Waals surface area contributed by atoms with Gasteiger partial charge < -0.3 is 15.2 Å². The smallest absolute Gasteiger partial charge is 0.323 e. The Hall–Kier alpha value is -1.55. The Morgan fingerprint density at radius 1 is 1.37 bits per heavy atom. The van der Waals surface area contributed by atoms with E-state index in [9.17, 15) is 9.90 Å². The maximum Gasteiger partial charge on any atom is 0.323 e. The molecule has 0 radical (unpaired) electrons. The van der Waals surface area contributed by atoms with Gasteiger partial charge in [-0.15, -0.1) is 0 Å². The van der Waals surface area contributed by atoms with Crippen molar-refractivity contribution in [2.75, 3.05) is 13.2 Å². The first-order valence-corrected chi connectivity index (χ1v) is 6.75. The number of ether oxygens (including phenoxy) is 1. The van der Waals surface area contributed by atoms with Crippen molar-refractivity contribution in [3.05, 3.63) is 30.3 Å². The molecule has 0 spiro atoms. The van der Waals surface area contributed by atoms with E-state index in [0.29, 0.717) is 26.0 Å². The number of aliphatic carboxylic acids is 1. The zero-order valence-corrected chi connectivity index (χ0v) is 11.7. The van der Waals surface area contributed by atoms with Gasteiger partial charge >= 0.3 is 5.97 Å². The predicted molar refractivity (Wildman–Crippen MR) is 75.5 cm³/mol. The highest BCUT2D eigenvalue weighted by atomic mass is 16.5. The van der Waals surface area contributed by atoms with Crippen LogP contribution in [0.4, 0.5) is 0 Å². The highest BCUT2D eigenvalue weighted by Crippen LogP contribution is 2.14. The molecule has 0 saturated heterocycles. The van der Waals surface area contributed by atoms with Crippen molar-refractivity contribution in [2.45, 2.75) is 38.6 Å². The van der Waals surface area contributed by atoms with E-state index in [1.807, 2.05) is 37.3 Å². The molecule has 2 N–H and O–H groups in total. The maximum absolute atomic E-state index is 11.3. The average molecular weight is 265 g/mol. The molecule has 106 valence electrons. The molecule has 1 atom stereocenters. The Kier molecular flexibility index (Phi) is 6.36. The monoisotopic (exact) mass is 265 g/mol. The van der Waals surface area contributed by atoms with E-state index in [-0.39, 0.29) is 0 Å². The first-order valence-electron chi connectivity index (χ1n) is 6.75. The lowest BCUT2D eigenvalue weighted by atomic mass is 9.96. The first kappa shape index (κ1) is 15.5. The number of rotatable bonds is 9. The van der Waals surface area contributed by atoms with Gasteiger partial charge in [-0.2, -0.15) is 0 Å². The molecule has 1 aromatic rings. The zero-order valence-electron chi connectivity index (χ0n) is 11.7. The Morgan fingerprint density at radius 2 is 2.05 bits per heavy atom. The Labute approximate surface area is 114 Å². The lowest BCUT2D eigenvalue weighted by molar-refractivity contribution is -0.144. The quantitative estimate of drug-likeness (QED) is 0.674. The minimum absolute atomic E-state index is 0.528. The van der Waals surface area contributed by atoms with E-state index < -0.39 is 11.5 Å². The van der Waals surface area contributed by atoms with Crippen LogP contribution < -0.4 is 10.1 Å². The van der Waals surface area contributed by atoms with Crippen LogP contribution in [0.1, 0.15) is 33.1 Å². The Bertz CT molecular complexity index is 380. The molecule has 19 heavy (non-hydrogen) atoms. The van der Waals surface area contributed by atoms with Gasteiger partial charge in [-0.1, -0.05) is 25.1 Å². The minimum Gasteiger partial charge on any atom is -0.494 e. The molecular weight excluding hydrogens is 242 g/mol. The molecule has 4 nitrogen and oxygen atoms in total. The summed E-state index contributed by atoms with van der Waals surface area (Å²) >= 11 is 0. The summed E-state index contributed by atoms with van der Waals surface area (Å²) in [4.78, 5) is 11.3. The lowest BCUT2D eigenvalue weighted by Gasteiger charge is -2.26. The normalized spacial score (nSPS) is 13.8. The number of carboxylic acids is 1. The van der Waals surface area contributed by atoms with Crippen molar-refractivity contribution >= 4 is 5.97 Å². The molecule has 0 aliphatic heterocycles. The summed E-state index contributed by atoms with van der Waals surface area (Å²) in [6, 6.07) is 9.56. The molecule has 0 aromatic heterocycles. The van der Waals surface area contributed by atoms with Crippen molar-refractivity contribution in [1.29, 1.82) is 0 Å². The van der Waals surface area contributed by atoms with Crippen LogP contribution in [-0.2, 0) is 4.79 Å². The first-order chi connectivity index (χ1) is 9.08. The lowest BCUT2D eigenvalue weighted by Crippen LogP contribution is -2.49. The molecular formula is C15H23NO3. The van der Waals surface area contributed by atoms with Gasteiger partial charge in [-0.25, -0.2) is 0 Å². The molecule has 4 heteroatoms. The van der Waals surface area contributed by atoms with Gasteiger partial charge in [0.1, 0.15) is 11.3 Å². The number of benzene rings is 1. The number of carboxylic acid groups (broad SMARTS) is 1. The van der Waals surface area contributed by atoms with Crippen LogP contribution in [-0.4, -0.2) is 29.8 Å². The van der Waals surface area contributed by atoms with Crippen LogP contribution in [0.5, 0.6) is 5.75 Å². The Morgan fingerprint density at radius 3 is 2.63 bits per heavy atom. The topological polar surface area (TPSA) is 58.6 Å². The van der Waals surface area contributed by atoms with E-state index in [1.54, 1.807) is 6.92 Å². The van der Waals surface area contributed by atoms with Crippen LogP contribution in [0.2, 0.25) is 0 Å². The van der Waals surface area contributed by atoms with Gasteiger partial charge in [-0.05, 0) is 44.9 Å². The molecule has 0 aliphatic rings. The summed E-state index contributed by atoms with van der Waals surface area (Å²) < 4.78 is 5.56. The van der Waals surface area contributed by atoms with Crippen molar-refractivity contribution in [1.82, 2.24) is 5.32 Å². The average Bonchev–Trinajstić information content (AvgIpc) is 2.42. The Balaban J connectivity index is 2.34. The van der Waals surface area contributed by atoms with Crippen molar-refractivity contribution in [3.8, 4) is 5.75 Å². The van der Waals surface area contributed by atoms with Crippen LogP contribution in [0, 0.1) is 0 Å². The summed E-state index contributed by atoms with van der Waals surface area (Å²) in [6.45, 7) is 4.99. The number of nitrogens with one attached hydrogen (secondary N) is 1. The molecule has 1 aromatic carbocycles. The standard InChI is InChI=1S/C15H23NO3/c1-3-11-16-15(2,14(17)18)10-7-12-19-13-8-5-4-6-9-13/h4-6,8-9,16H,3,7,10-12H2,1-2H3,(H,17,18). The van der Waals surface area contributed by atoms with Gasteiger partial charge in [0.25, 0.3) is 0 Å². The molecule has 0 fully saturated rings. The van der Waals surface area contributed by atoms with Crippen LogP contribution in [0.25, 0.3) is 0 Å². The number of hydrogen-bond acceptors (Lipinski definition) is 3. The second-order valence-electron chi connectivity index (χ2n) is 4.83. The molecule has 0 amide bonds. The fourth-order valence-corrected chi connectivity index (χ4v) is 1.80. The van der Waals surface area contributed by atoms with Crippen molar-refractivity contribution < 1.29 is 14.6 Å². The maximum atomic E-state index is 11.3. The third kappa shape index (κ3) is 5.30. The largest absolute Gasteiger partial charge is 0.494 e. The third-order valence-electron chi connectivity index (χ3n) is 3.07. The summed E-state index contributed by atoms with van der Waals surface area (Å²) in [5, 5.41) is 12.4. The highest BCUT2D eigenvalue weighted by Gasteiger charge is 2.31. The second kappa shape index (κ2) is 7.79. The predicted octanol–water partition coefficient (Wildman–Crippen LogP) is 2.69. The summed E-state index contributed by atoms with van der Waals surface area (Å²) in [6.07, 6.45) is 2.17. The fraction of sp³-hybridized carbons (Fsp3) is 0.533. The number of para-hydroxylation sites is 1. The molecule has 0 bridgehead atoms. The minimum atomic E-state index is -0.865. The SMILES string of the molecule is CCCNC(C)(CCCOc1ccccc1)C(=O)O. The van der Waals surface area contributed by atoms with Crippen LogP contribution in [0.3, 0.4) is 0 Å². The van der Waals surface area contributed by atoms with E-state index in [0.717, 1.165) is 12.2 Å². The summed E-state index contributed by atoms with van der Waals surface area (Å²) in [7, 11) is 0. The van der Waals surface area contributed by atoms with Crippen molar-refractivity contribution in [2.24, 2.45) is 0 Å².